The Hall–Kier alpha value is -1.38. The Morgan fingerprint density at radius 1 is 1.31 bits per heavy atom. The second-order valence-corrected chi connectivity index (χ2v) is 10.7. The topological polar surface area (TPSA) is 44.8 Å². The van der Waals surface area contributed by atoms with Crippen LogP contribution in [0.5, 0.6) is 11.5 Å². The third-order valence-corrected chi connectivity index (χ3v) is 8.10. The van der Waals surface area contributed by atoms with Crippen molar-refractivity contribution in [3.63, 3.8) is 0 Å². The van der Waals surface area contributed by atoms with Gasteiger partial charge in [-0.15, -0.1) is 0 Å². The van der Waals surface area contributed by atoms with Crippen molar-refractivity contribution in [3.8, 4) is 11.5 Å². The predicted octanol–water partition coefficient (Wildman–Crippen LogP) is 6.86. The quantitative estimate of drug-likeness (QED) is 0.276. The Balaban J connectivity index is 1.52. The summed E-state index contributed by atoms with van der Waals surface area (Å²) in [6, 6.07) is 11.2. The number of thiocarbonyl (C=S) groups is 1. The number of ketones is 1. The minimum Gasteiger partial charge on any atom is -0.493 e. The molecule has 0 spiro atoms. The number of rotatable bonds is 7. The largest absolute Gasteiger partial charge is 0.493 e. The van der Waals surface area contributed by atoms with Crippen LogP contribution in [0, 0.1) is 5.92 Å². The van der Waals surface area contributed by atoms with Crippen LogP contribution in [0.1, 0.15) is 30.4 Å². The minimum absolute atomic E-state index is 0.0698. The Bertz CT molecular complexity index is 1070. The highest BCUT2D eigenvalue weighted by Gasteiger charge is 2.37. The zero-order valence-electron chi connectivity index (χ0n) is 17.4. The van der Waals surface area contributed by atoms with E-state index in [1.807, 2.05) is 42.5 Å². The van der Waals surface area contributed by atoms with Crippen molar-refractivity contribution >= 4 is 67.6 Å². The number of carbonyl (C=O) groups is 1. The summed E-state index contributed by atoms with van der Waals surface area (Å²) in [5.74, 6) is 0.961. The average Bonchev–Trinajstić information content (AvgIpc) is 3.39. The Morgan fingerprint density at radius 2 is 2.12 bits per heavy atom. The lowest BCUT2D eigenvalue weighted by Gasteiger charge is -2.14. The van der Waals surface area contributed by atoms with E-state index in [0.29, 0.717) is 34.5 Å². The number of hydrogen-bond acceptors (Lipinski definition) is 6. The zero-order valence-corrected chi connectivity index (χ0v) is 21.4. The van der Waals surface area contributed by atoms with Crippen LogP contribution in [0.25, 0.3) is 6.08 Å². The van der Waals surface area contributed by atoms with Crippen molar-refractivity contribution in [2.24, 2.45) is 5.92 Å². The molecule has 2 aliphatic rings. The summed E-state index contributed by atoms with van der Waals surface area (Å²) in [6.07, 6.45) is 4.70. The predicted molar refractivity (Wildman–Crippen MR) is 137 cm³/mol. The first-order chi connectivity index (χ1) is 15.5. The van der Waals surface area contributed by atoms with Crippen LogP contribution in [0.4, 0.5) is 0 Å². The van der Waals surface area contributed by atoms with Crippen molar-refractivity contribution in [1.82, 2.24) is 0 Å². The summed E-state index contributed by atoms with van der Waals surface area (Å²) < 4.78 is 18.7. The van der Waals surface area contributed by atoms with Crippen molar-refractivity contribution in [1.29, 1.82) is 0 Å². The van der Waals surface area contributed by atoms with Gasteiger partial charge in [0.15, 0.2) is 17.3 Å². The van der Waals surface area contributed by atoms with Crippen molar-refractivity contribution in [3.05, 3.63) is 61.9 Å². The first-order valence-electron chi connectivity index (χ1n) is 10.3. The maximum Gasteiger partial charge on any atom is 0.178 e. The first kappa shape index (κ1) is 23.8. The second-order valence-electron chi connectivity index (χ2n) is 7.62. The van der Waals surface area contributed by atoms with Gasteiger partial charge in [0.25, 0.3) is 0 Å². The van der Waals surface area contributed by atoms with E-state index in [4.69, 9.17) is 38.0 Å². The number of thioether (sulfide) groups is 1. The standard InChI is InChI=1S/C24H22BrClO4S2/c1-28-20-9-15(18(25)12-21(20)30-13-14-5-2-3-7-19(14)26)10-22-23(27)17(24(31)32-22)11-16-6-4-8-29-16/h2-3,5,7,9-10,12,16-17H,4,6,8,11,13H2,1H3. The molecule has 2 heterocycles. The van der Waals surface area contributed by atoms with E-state index in [0.717, 1.165) is 39.2 Å². The highest BCUT2D eigenvalue weighted by molar-refractivity contribution is 9.10. The van der Waals surface area contributed by atoms with Crippen LogP contribution in [0.15, 0.2) is 45.8 Å². The fourth-order valence-electron chi connectivity index (χ4n) is 3.75. The maximum atomic E-state index is 13.0. The molecule has 2 aromatic carbocycles. The second kappa shape index (κ2) is 10.7. The van der Waals surface area contributed by atoms with Crippen LogP contribution in [0.3, 0.4) is 0 Å². The van der Waals surface area contributed by atoms with Gasteiger partial charge in [-0.3, -0.25) is 4.79 Å². The molecule has 0 N–H and O–H groups in total. The molecule has 2 aliphatic heterocycles. The number of ether oxygens (including phenoxy) is 3. The first-order valence-corrected chi connectivity index (χ1v) is 12.7. The van der Waals surface area contributed by atoms with Crippen LogP contribution in [-0.4, -0.2) is 29.8 Å². The lowest BCUT2D eigenvalue weighted by molar-refractivity contribution is -0.117. The SMILES string of the molecule is COc1cc(C=C2SC(=S)C(CC3CCCO3)C2=O)c(Br)cc1OCc1ccccc1Cl. The molecule has 2 atom stereocenters. The van der Waals surface area contributed by atoms with Gasteiger partial charge in [-0.05, 0) is 49.1 Å². The number of benzene rings is 2. The molecule has 0 saturated carbocycles. The van der Waals surface area contributed by atoms with Gasteiger partial charge in [0.1, 0.15) is 6.61 Å². The molecule has 0 aromatic heterocycles. The third-order valence-electron chi connectivity index (χ3n) is 5.49. The fourth-order valence-corrected chi connectivity index (χ4v) is 5.84. The van der Waals surface area contributed by atoms with Gasteiger partial charge in [0.05, 0.1) is 28.2 Å². The normalized spacial score (nSPS) is 22.0. The smallest absolute Gasteiger partial charge is 0.178 e. The van der Waals surface area contributed by atoms with Gasteiger partial charge >= 0.3 is 0 Å². The molecule has 2 unspecified atom stereocenters. The molecule has 2 fully saturated rings. The summed E-state index contributed by atoms with van der Waals surface area (Å²) in [4.78, 5) is 13.7. The fraction of sp³-hybridized carbons (Fsp3) is 0.333. The van der Waals surface area contributed by atoms with E-state index in [9.17, 15) is 4.79 Å². The van der Waals surface area contributed by atoms with E-state index in [1.165, 1.54) is 11.8 Å². The molecule has 8 heteroatoms. The van der Waals surface area contributed by atoms with Crippen LogP contribution in [-0.2, 0) is 16.1 Å². The number of allylic oxidation sites excluding steroid dienone is 1. The van der Waals surface area contributed by atoms with Gasteiger partial charge in [0.2, 0.25) is 0 Å². The molecule has 4 nitrogen and oxygen atoms in total. The molecule has 2 saturated heterocycles. The third kappa shape index (κ3) is 5.39. The van der Waals surface area contributed by atoms with Gasteiger partial charge in [-0.1, -0.05) is 69.7 Å². The highest BCUT2D eigenvalue weighted by Crippen LogP contribution is 2.42. The molecule has 168 valence electrons. The molecular formula is C24H22BrClO4S2. The number of methoxy groups -OCH3 is 1. The van der Waals surface area contributed by atoms with E-state index in [-0.39, 0.29) is 17.8 Å². The van der Waals surface area contributed by atoms with Gasteiger partial charge < -0.3 is 14.2 Å². The van der Waals surface area contributed by atoms with E-state index >= 15 is 0 Å². The van der Waals surface area contributed by atoms with Gasteiger partial charge in [0, 0.05) is 21.7 Å². The average molecular weight is 554 g/mol. The molecule has 2 aromatic rings. The molecule has 0 bridgehead atoms. The monoisotopic (exact) mass is 552 g/mol. The minimum atomic E-state index is -0.261. The van der Waals surface area contributed by atoms with Gasteiger partial charge in [-0.25, -0.2) is 0 Å². The molecule has 4 rings (SSSR count). The lowest BCUT2D eigenvalue weighted by atomic mass is 9.96. The summed E-state index contributed by atoms with van der Waals surface area (Å²) in [5.41, 5.74) is 1.71. The van der Waals surface area contributed by atoms with E-state index in [1.54, 1.807) is 7.11 Å². The molecular weight excluding hydrogens is 532 g/mol. The Kier molecular flexibility index (Phi) is 7.95. The summed E-state index contributed by atoms with van der Waals surface area (Å²) in [6.45, 7) is 1.09. The van der Waals surface area contributed by atoms with Crippen LogP contribution >= 0.6 is 51.5 Å². The molecule has 32 heavy (non-hydrogen) atoms. The zero-order chi connectivity index (χ0) is 22.7. The number of carbonyl (C=O) groups excluding carboxylic acids is 1. The molecule has 0 aliphatic carbocycles. The van der Waals surface area contributed by atoms with Crippen molar-refractivity contribution in [2.75, 3.05) is 13.7 Å². The maximum absolute atomic E-state index is 13.0. The van der Waals surface area contributed by atoms with Crippen LogP contribution < -0.4 is 9.47 Å². The Morgan fingerprint density at radius 3 is 2.84 bits per heavy atom. The number of hydrogen-bond donors (Lipinski definition) is 0. The van der Waals surface area contributed by atoms with Crippen LogP contribution in [0.2, 0.25) is 5.02 Å². The van der Waals surface area contributed by atoms with Crippen molar-refractivity contribution in [2.45, 2.75) is 32.0 Å². The number of halogens is 2. The van der Waals surface area contributed by atoms with Gasteiger partial charge in [-0.2, -0.15) is 0 Å². The summed E-state index contributed by atoms with van der Waals surface area (Å²) in [7, 11) is 1.59. The highest BCUT2D eigenvalue weighted by atomic mass is 79.9. The Labute approximate surface area is 210 Å². The number of Topliss-reactive ketones (excluding diaryl/α,β-unsaturated/α-hetero) is 1. The summed E-state index contributed by atoms with van der Waals surface area (Å²) >= 11 is 16.7. The summed E-state index contributed by atoms with van der Waals surface area (Å²) in [5, 5.41) is 0.650. The molecule has 0 radical (unpaired) electrons. The van der Waals surface area contributed by atoms with E-state index < -0.39 is 0 Å². The van der Waals surface area contributed by atoms with E-state index in [2.05, 4.69) is 15.9 Å². The van der Waals surface area contributed by atoms with Crippen molar-refractivity contribution < 1.29 is 19.0 Å². The molecule has 0 amide bonds. The lowest BCUT2D eigenvalue weighted by Crippen LogP contribution is -2.20.